The maximum atomic E-state index is 12.0. The van der Waals surface area contributed by atoms with Gasteiger partial charge in [0.05, 0.1) is 12.5 Å². The molecule has 0 saturated heterocycles. The van der Waals surface area contributed by atoms with Gasteiger partial charge in [0.2, 0.25) is 5.91 Å². The first-order valence-electron chi connectivity index (χ1n) is 5.86. The standard InChI is InChI=1S/C12H15N3OS3/c1-6-5-13-11(18-6)8(3)14-10(16)4-9-7(2)15-12(17)19-9/h5,8H,4H2,1-3H3,(H,14,16)(H,15,17). The first-order valence-corrected chi connectivity index (χ1v) is 7.90. The highest BCUT2D eigenvalue weighted by atomic mass is 32.1. The molecule has 0 saturated carbocycles. The molecule has 0 aromatic carbocycles. The number of rotatable bonds is 4. The highest BCUT2D eigenvalue weighted by Crippen LogP contribution is 2.20. The number of amides is 1. The summed E-state index contributed by atoms with van der Waals surface area (Å²) in [5.41, 5.74) is 0.975. The first kappa shape index (κ1) is 14.4. The van der Waals surface area contributed by atoms with Crippen molar-refractivity contribution >= 4 is 40.8 Å². The molecule has 0 fully saturated rings. The van der Waals surface area contributed by atoms with Gasteiger partial charge in [0.15, 0.2) is 3.95 Å². The zero-order valence-electron chi connectivity index (χ0n) is 10.9. The maximum absolute atomic E-state index is 12.0. The van der Waals surface area contributed by atoms with Crippen molar-refractivity contribution in [3.05, 3.63) is 30.6 Å². The monoisotopic (exact) mass is 313 g/mol. The van der Waals surface area contributed by atoms with Crippen molar-refractivity contribution in [2.24, 2.45) is 0 Å². The average molecular weight is 313 g/mol. The molecule has 1 unspecified atom stereocenters. The van der Waals surface area contributed by atoms with Gasteiger partial charge in [-0.2, -0.15) is 0 Å². The van der Waals surface area contributed by atoms with Crippen LogP contribution < -0.4 is 5.32 Å². The van der Waals surface area contributed by atoms with Gasteiger partial charge in [-0.3, -0.25) is 4.79 Å². The summed E-state index contributed by atoms with van der Waals surface area (Å²) in [5.74, 6) is -0.00583. The lowest BCUT2D eigenvalue weighted by molar-refractivity contribution is -0.121. The summed E-state index contributed by atoms with van der Waals surface area (Å²) in [6.45, 7) is 5.89. The lowest BCUT2D eigenvalue weighted by atomic mass is 10.2. The number of carbonyl (C=O) groups is 1. The predicted octanol–water partition coefficient (Wildman–Crippen LogP) is 3.30. The van der Waals surface area contributed by atoms with Gasteiger partial charge in [-0.05, 0) is 33.0 Å². The van der Waals surface area contributed by atoms with E-state index in [0.29, 0.717) is 10.4 Å². The SMILES string of the molecule is Cc1cnc(C(C)NC(=O)Cc2sc(=S)[nH]c2C)s1. The lowest BCUT2D eigenvalue weighted by Gasteiger charge is -2.10. The Morgan fingerprint density at radius 3 is 2.79 bits per heavy atom. The van der Waals surface area contributed by atoms with Crippen LogP contribution >= 0.6 is 34.9 Å². The molecule has 0 aliphatic carbocycles. The number of hydrogen-bond acceptors (Lipinski definition) is 5. The van der Waals surface area contributed by atoms with Crippen LogP contribution in [0.5, 0.6) is 0 Å². The summed E-state index contributed by atoms with van der Waals surface area (Å²) in [6.07, 6.45) is 2.18. The summed E-state index contributed by atoms with van der Waals surface area (Å²) >= 11 is 8.12. The van der Waals surface area contributed by atoms with E-state index in [4.69, 9.17) is 12.2 Å². The number of aryl methyl sites for hydroxylation is 2. The average Bonchev–Trinajstić information content (AvgIpc) is 2.86. The van der Waals surface area contributed by atoms with Crippen LogP contribution in [-0.4, -0.2) is 15.9 Å². The topological polar surface area (TPSA) is 57.8 Å². The van der Waals surface area contributed by atoms with Crippen molar-refractivity contribution < 1.29 is 4.79 Å². The molecule has 1 atom stereocenters. The fourth-order valence-electron chi connectivity index (χ4n) is 1.68. The minimum atomic E-state index is -0.0570. The molecule has 0 aliphatic rings. The second-order valence-electron chi connectivity index (χ2n) is 4.34. The van der Waals surface area contributed by atoms with Gasteiger partial charge in [0.1, 0.15) is 5.01 Å². The Morgan fingerprint density at radius 2 is 2.26 bits per heavy atom. The van der Waals surface area contributed by atoms with Crippen molar-refractivity contribution in [3.8, 4) is 0 Å². The van der Waals surface area contributed by atoms with Gasteiger partial charge >= 0.3 is 0 Å². The molecule has 4 nitrogen and oxygen atoms in total. The van der Waals surface area contributed by atoms with Crippen LogP contribution in [0.3, 0.4) is 0 Å². The molecule has 2 N–H and O–H groups in total. The van der Waals surface area contributed by atoms with E-state index in [1.807, 2.05) is 27.0 Å². The van der Waals surface area contributed by atoms with E-state index in [2.05, 4.69) is 15.3 Å². The van der Waals surface area contributed by atoms with Crippen LogP contribution in [-0.2, 0) is 11.2 Å². The van der Waals surface area contributed by atoms with Crippen LogP contribution in [0.2, 0.25) is 0 Å². The van der Waals surface area contributed by atoms with Crippen molar-refractivity contribution in [1.29, 1.82) is 0 Å². The lowest BCUT2D eigenvalue weighted by Crippen LogP contribution is -2.27. The number of nitrogens with zero attached hydrogens (tertiary/aromatic N) is 1. The van der Waals surface area contributed by atoms with Crippen LogP contribution in [0.4, 0.5) is 0 Å². The molecule has 0 radical (unpaired) electrons. The Balaban J connectivity index is 1.98. The summed E-state index contributed by atoms with van der Waals surface area (Å²) in [7, 11) is 0. The molecular formula is C12H15N3OS3. The molecule has 2 rings (SSSR count). The fourth-order valence-corrected chi connectivity index (χ4v) is 3.74. The summed E-state index contributed by atoms with van der Waals surface area (Å²) < 4.78 is 0.712. The Hall–Kier alpha value is -1.05. The van der Waals surface area contributed by atoms with Crippen molar-refractivity contribution in [3.63, 3.8) is 0 Å². The largest absolute Gasteiger partial charge is 0.347 e. The molecule has 0 bridgehead atoms. The molecule has 2 heterocycles. The van der Waals surface area contributed by atoms with E-state index in [0.717, 1.165) is 20.5 Å². The van der Waals surface area contributed by atoms with Gasteiger partial charge in [-0.15, -0.1) is 22.7 Å². The molecule has 19 heavy (non-hydrogen) atoms. The van der Waals surface area contributed by atoms with E-state index in [-0.39, 0.29) is 11.9 Å². The summed E-state index contributed by atoms with van der Waals surface area (Å²) in [4.78, 5) is 21.5. The van der Waals surface area contributed by atoms with E-state index in [1.54, 1.807) is 11.3 Å². The molecular weight excluding hydrogens is 298 g/mol. The number of thiazole rings is 2. The number of hydrogen-bond donors (Lipinski definition) is 2. The minimum Gasteiger partial charge on any atom is -0.347 e. The highest BCUT2D eigenvalue weighted by Gasteiger charge is 2.14. The van der Waals surface area contributed by atoms with E-state index < -0.39 is 0 Å². The Labute approximate surface area is 124 Å². The third-order valence-corrected chi connectivity index (χ3v) is 5.06. The Bertz CT molecular complexity index is 641. The Morgan fingerprint density at radius 1 is 1.53 bits per heavy atom. The molecule has 2 aromatic heterocycles. The van der Waals surface area contributed by atoms with Gasteiger partial charge in [0.25, 0.3) is 0 Å². The normalized spacial score (nSPS) is 12.4. The van der Waals surface area contributed by atoms with Gasteiger partial charge in [-0.1, -0.05) is 0 Å². The third-order valence-electron chi connectivity index (χ3n) is 2.63. The second-order valence-corrected chi connectivity index (χ2v) is 7.38. The molecule has 7 heteroatoms. The number of aromatic nitrogens is 2. The van der Waals surface area contributed by atoms with E-state index in [9.17, 15) is 4.79 Å². The zero-order valence-corrected chi connectivity index (χ0v) is 13.4. The molecule has 0 aliphatic heterocycles. The van der Waals surface area contributed by atoms with Crippen LogP contribution in [0.1, 0.15) is 33.4 Å². The number of aromatic amines is 1. The van der Waals surface area contributed by atoms with Crippen LogP contribution in [0, 0.1) is 17.8 Å². The molecule has 1 amide bonds. The van der Waals surface area contributed by atoms with E-state index >= 15 is 0 Å². The van der Waals surface area contributed by atoms with Crippen molar-refractivity contribution in [2.75, 3.05) is 0 Å². The highest BCUT2D eigenvalue weighted by molar-refractivity contribution is 7.73. The molecule has 2 aromatic rings. The fraction of sp³-hybridized carbons (Fsp3) is 0.417. The second kappa shape index (κ2) is 5.94. The maximum Gasteiger partial charge on any atom is 0.225 e. The quantitative estimate of drug-likeness (QED) is 0.852. The van der Waals surface area contributed by atoms with Crippen molar-refractivity contribution in [1.82, 2.24) is 15.3 Å². The zero-order chi connectivity index (χ0) is 14.0. The summed E-state index contributed by atoms with van der Waals surface area (Å²) in [6, 6.07) is -0.0570. The first-order chi connectivity index (χ1) is 8.95. The number of nitrogens with one attached hydrogen (secondary N) is 2. The van der Waals surface area contributed by atoms with Crippen LogP contribution in [0.15, 0.2) is 6.20 Å². The van der Waals surface area contributed by atoms with Gasteiger partial charge < -0.3 is 10.3 Å². The number of H-pyrrole nitrogens is 1. The van der Waals surface area contributed by atoms with Gasteiger partial charge in [-0.25, -0.2) is 4.98 Å². The Kier molecular flexibility index (Phi) is 4.49. The number of carbonyl (C=O) groups excluding carboxylic acids is 1. The smallest absolute Gasteiger partial charge is 0.225 e. The molecule has 0 spiro atoms. The van der Waals surface area contributed by atoms with Crippen molar-refractivity contribution in [2.45, 2.75) is 33.2 Å². The third kappa shape index (κ3) is 3.71. The van der Waals surface area contributed by atoms with Gasteiger partial charge in [0, 0.05) is 21.6 Å². The minimum absolute atomic E-state index is 0.00583. The van der Waals surface area contributed by atoms with E-state index in [1.165, 1.54) is 11.3 Å². The summed E-state index contributed by atoms with van der Waals surface area (Å²) in [5, 5.41) is 3.90. The van der Waals surface area contributed by atoms with Crippen LogP contribution in [0.25, 0.3) is 0 Å². The molecule has 102 valence electrons. The predicted molar refractivity (Wildman–Crippen MR) is 81.4 cm³/mol.